The average molecular weight is 298 g/mol. The molecule has 0 amide bonds. The second-order valence-corrected chi connectivity index (χ2v) is 9.02. The monoisotopic (exact) mass is 298 g/mol. The maximum absolute atomic E-state index is 5.46. The molecule has 1 aromatic rings. The summed E-state index contributed by atoms with van der Waals surface area (Å²) >= 11 is 0. The van der Waals surface area contributed by atoms with Gasteiger partial charge in [-0.25, -0.2) is 4.57 Å². The van der Waals surface area contributed by atoms with Gasteiger partial charge < -0.3 is 13.3 Å². The Morgan fingerprint density at radius 1 is 1.05 bits per heavy atom. The Hall–Kier alpha value is -0.753. The molecule has 0 N–H and O–H groups in total. The van der Waals surface area contributed by atoms with Crippen molar-refractivity contribution in [3.8, 4) is 0 Å². The normalized spacial score (nSPS) is 12.7. The summed E-state index contributed by atoms with van der Waals surface area (Å²) in [5.74, 6) is 0. The van der Waals surface area contributed by atoms with Crippen LogP contribution >= 0.6 is 0 Å². The van der Waals surface area contributed by atoms with E-state index in [-0.39, 0.29) is 5.41 Å². The smallest absolute Gasteiger partial charge is 0.377 e. The van der Waals surface area contributed by atoms with Gasteiger partial charge in [-0.2, -0.15) is 0 Å². The molecule has 20 heavy (non-hydrogen) atoms. The second kappa shape index (κ2) is 7.31. The van der Waals surface area contributed by atoms with E-state index < -0.39 is 8.80 Å². The van der Waals surface area contributed by atoms with E-state index in [1.54, 1.807) is 21.3 Å². The van der Waals surface area contributed by atoms with Crippen molar-refractivity contribution in [3.63, 3.8) is 0 Å². The van der Waals surface area contributed by atoms with Crippen LogP contribution in [0.15, 0.2) is 24.4 Å². The molecular weight excluding hydrogens is 270 g/mol. The molecule has 0 spiro atoms. The molecule has 1 aromatic heterocycles. The molecule has 0 saturated heterocycles. The van der Waals surface area contributed by atoms with Crippen molar-refractivity contribution >= 4 is 8.80 Å². The largest absolute Gasteiger partial charge is 0.500 e. The lowest BCUT2D eigenvalue weighted by Gasteiger charge is -2.24. The van der Waals surface area contributed by atoms with Crippen molar-refractivity contribution in [3.05, 3.63) is 30.1 Å². The highest BCUT2D eigenvalue weighted by Crippen LogP contribution is 2.19. The molecule has 0 aliphatic rings. The standard InChI is InChI=1S/C15H28NO3Si/c1-15(2,3)14-10-7-8-11-16(14)12-9-13-20(17-4,18-5)19-6/h7-8,10-11H,9,12-13H2,1-6H3/q+1. The van der Waals surface area contributed by atoms with Crippen LogP contribution in [0.5, 0.6) is 0 Å². The van der Waals surface area contributed by atoms with Gasteiger partial charge in [0.05, 0.1) is 0 Å². The van der Waals surface area contributed by atoms with Crippen molar-refractivity contribution in [1.82, 2.24) is 0 Å². The molecular formula is C15H28NO3Si+. The maximum atomic E-state index is 5.46. The summed E-state index contributed by atoms with van der Waals surface area (Å²) in [5, 5.41) is 0. The molecule has 0 fully saturated rings. The molecule has 114 valence electrons. The first-order valence-corrected chi connectivity index (χ1v) is 8.96. The number of rotatable bonds is 7. The van der Waals surface area contributed by atoms with Crippen LogP contribution in [0, 0.1) is 0 Å². The van der Waals surface area contributed by atoms with Crippen LogP contribution < -0.4 is 4.57 Å². The van der Waals surface area contributed by atoms with Gasteiger partial charge in [0.1, 0.15) is 6.54 Å². The fourth-order valence-electron chi connectivity index (χ4n) is 2.37. The second-order valence-electron chi connectivity index (χ2n) is 5.93. The van der Waals surface area contributed by atoms with E-state index in [9.17, 15) is 0 Å². The Kier molecular flexibility index (Phi) is 6.32. The summed E-state index contributed by atoms with van der Waals surface area (Å²) in [4.78, 5) is 0. The number of pyridine rings is 1. The van der Waals surface area contributed by atoms with E-state index in [0.29, 0.717) is 0 Å². The molecule has 0 aliphatic carbocycles. The molecule has 0 aromatic carbocycles. The van der Waals surface area contributed by atoms with E-state index in [0.717, 1.165) is 19.0 Å². The number of aromatic nitrogens is 1. The number of hydrogen-bond acceptors (Lipinski definition) is 3. The number of aryl methyl sites for hydroxylation is 1. The highest BCUT2D eigenvalue weighted by Gasteiger charge is 2.37. The van der Waals surface area contributed by atoms with Crippen LogP contribution in [0.1, 0.15) is 32.9 Å². The zero-order valence-corrected chi connectivity index (χ0v) is 14.6. The van der Waals surface area contributed by atoms with Gasteiger partial charge >= 0.3 is 8.80 Å². The summed E-state index contributed by atoms with van der Waals surface area (Å²) in [7, 11) is 2.54. The molecule has 0 radical (unpaired) electrons. The highest BCUT2D eigenvalue weighted by atomic mass is 28.4. The quantitative estimate of drug-likeness (QED) is 0.573. The third-order valence-electron chi connectivity index (χ3n) is 3.52. The Balaban J connectivity index is 2.72. The zero-order chi connectivity index (χ0) is 15.2. The van der Waals surface area contributed by atoms with Crippen LogP contribution in [-0.4, -0.2) is 30.1 Å². The minimum absolute atomic E-state index is 0.138. The molecule has 1 rings (SSSR count). The van der Waals surface area contributed by atoms with Crippen molar-refractivity contribution in [2.45, 2.75) is 45.2 Å². The third-order valence-corrected chi connectivity index (χ3v) is 6.36. The van der Waals surface area contributed by atoms with Crippen LogP contribution in [0.25, 0.3) is 0 Å². The van der Waals surface area contributed by atoms with Gasteiger partial charge in [0.2, 0.25) is 0 Å². The fraction of sp³-hybridized carbons (Fsp3) is 0.667. The summed E-state index contributed by atoms with van der Waals surface area (Å²) in [6, 6.07) is 7.17. The molecule has 4 nitrogen and oxygen atoms in total. The Morgan fingerprint density at radius 2 is 1.65 bits per heavy atom. The molecule has 0 atom stereocenters. The van der Waals surface area contributed by atoms with Crippen LogP contribution in [0.3, 0.4) is 0 Å². The minimum atomic E-state index is -2.45. The maximum Gasteiger partial charge on any atom is 0.500 e. The summed E-state index contributed by atoms with van der Waals surface area (Å²) in [6.07, 6.45) is 3.11. The Bertz CT molecular complexity index is 406. The third kappa shape index (κ3) is 4.38. The predicted octanol–water partition coefficient (Wildman–Crippen LogP) is 2.54. The molecule has 0 saturated carbocycles. The average Bonchev–Trinajstić information content (AvgIpc) is 2.43. The SMILES string of the molecule is CO[Si](CCC[n+]1ccccc1C(C)(C)C)(OC)OC. The molecule has 0 aliphatic heterocycles. The number of hydrogen-bond donors (Lipinski definition) is 0. The van der Waals surface area contributed by atoms with Gasteiger partial charge in [-0.15, -0.1) is 0 Å². The van der Waals surface area contributed by atoms with Gasteiger partial charge in [-0.1, -0.05) is 26.8 Å². The van der Waals surface area contributed by atoms with Crippen molar-refractivity contribution < 1.29 is 17.8 Å². The summed E-state index contributed by atoms with van der Waals surface area (Å²) in [5.41, 5.74) is 1.47. The van der Waals surface area contributed by atoms with Crippen molar-refractivity contribution in [2.75, 3.05) is 21.3 Å². The minimum Gasteiger partial charge on any atom is -0.377 e. The zero-order valence-electron chi connectivity index (χ0n) is 13.6. The lowest BCUT2D eigenvalue weighted by atomic mass is 9.91. The predicted molar refractivity (Wildman–Crippen MR) is 81.5 cm³/mol. The van der Waals surface area contributed by atoms with E-state index in [4.69, 9.17) is 13.3 Å². The lowest BCUT2D eigenvalue weighted by Crippen LogP contribution is -2.46. The van der Waals surface area contributed by atoms with Crippen molar-refractivity contribution in [1.29, 1.82) is 0 Å². The van der Waals surface area contributed by atoms with Gasteiger partial charge in [-0.05, 0) is 0 Å². The molecule has 0 bridgehead atoms. The first-order chi connectivity index (χ1) is 9.38. The van der Waals surface area contributed by atoms with Gasteiger partial charge in [0.25, 0.3) is 0 Å². The van der Waals surface area contributed by atoms with E-state index in [1.807, 2.05) is 0 Å². The van der Waals surface area contributed by atoms with Crippen LogP contribution in [0.2, 0.25) is 6.04 Å². The molecule has 0 unspecified atom stereocenters. The van der Waals surface area contributed by atoms with E-state index in [2.05, 4.69) is 49.7 Å². The van der Waals surface area contributed by atoms with Crippen LogP contribution in [-0.2, 0) is 25.2 Å². The molecule has 1 heterocycles. The van der Waals surface area contributed by atoms with Crippen LogP contribution in [0.4, 0.5) is 0 Å². The topological polar surface area (TPSA) is 31.6 Å². The van der Waals surface area contributed by atoms with Crippen molar-refractivity contribution in [2.24, 2.45) is 0 Å². The first kappa shape index (κ1) is 17.3. The number of nitrogens with zero attached hydrogens (tertiary/aromatic N) is 1. The summed E-state index contributed by atoms with van der Waals surface area (Å²) < 4.78 is 18.7. The van der Waals surface area contributed by atoms with E-state index >= 15 is 0 Å². The highest BCUT2D eigenvalue weighted by molar-refractivity contribution is 6.60. The van der Waals surface area contributed by atoms with Gasteiger partial charge in [0.15, 0.2) is 11.9 Å². The summed E-state index contributed by atoms with van der Waals surface area (Å²) in [6.45, 7) is 7.64. The Morgan fingerprint density at radius 3 is 2.15 bits per heavy atom. The Labute approximate surface area is 124 Å². The van der Waals surface area contributed by atoms with E-state index in [1.165, 1.54) is 5.69 Å². The van der Waals surface area contributed by atoms with Gasteiger partial charge in [-0.3, -0.25) is 0 Å². The first-order valence-electron chi connectivity index (χ1n) is 7.03. The fourth-order valence-corrected chi connectivity index (χ4v) is 4.08. The van der Waals surface area contributed by atoms with Gasteiger partial charge in [0, 0.05) is 51.3 Å². The molecule has 5 heteroatoms. The lowest BCUT2D eigenvalue weighted by molar-refractivity contribution is -0.707.